The second-order valence-corrected chi connectivity index (χ2v) is 9.67. The van der Waals surface area contributed by atoms with Gasteiger partial charge in [-0.05, 0) is 37.0 Å². The molecule has 1 aromatic heterocycles. The van der Waals surface area contributed by atoms with Crippen LogP contribution in [0, 0.1) is 11.8 Å². The van der Waals surface area contributed by atoms with Crippen LogP contribution in [0.25, 0.3) is 11.0 Å². The van der Waals surface area contributed by atoms with E-state index in [1.165, 1.54) is 0 Å². The zero-order valence-electron chi connectivity index (χ0n) is 19.6. The summed E-state index contributed by atoms with van der Waals surface area (Å²) in [7, 11) is 0. The molecule has 0 bridgehead atoms. The predicted molar refractivity (Wildman–Crippen MR) is 128 cm³/mol. The smallest absolute Gasteiger partial charge is 0.288 e. The second kappa shape index (κ2) is 7.46. The molecule has 0 saturated heterocycles. The summed E-state index contributed by atoms with van der Waals surface area (Å²) in [6.07, 6.45) is 0.513. The first-order valence-corrected chi connectivity index (χ1v) is 11.5. The third-order valence-corrected chi connectivity index (χ3v) is 7.39. The van der Waals surface area contributed by atoms with Gasteiger partial charge in [0.2, 0.25) is 5.78 Å². The van der Waals surface area contributed by atoms with E-state index in [0.717, 1.165) is 5.39 Å². The third-order valence-electron chi connectivity index (χ3n) is 7.39. The Labute approximate surface area is 197 Å². The number of aliphatic hydroxyl groups is 1. The van der Waals surface area contributed by atoms with Crippen LogP contribution >= 0.6 is 0 Å². The van der Waals surface area contributed by atoms with Gasteiger partial charge in [0.05, 0.1) is 5.56 Å². The van der Waals surface area contributed by atoms with E-state index >= 15 is 0 Å². The van der Waals surface area contributed by atoms with E-state index in [1.54, 1.807) is 37.3 Å². The minimum absolute atomic E-state index is 0.0338. The molecule has 7 nitrogen and oxygen atoms in total. The van der Waals surface area contributed by atoms with Crippen molar-refractivity contribution in [3.8, 4) is 0 Å². The van der Waals surface area contributed by atoms with E-state index in [9.17, 15) is 14.7 Å². The highest BCUT2D eigenvalue weighted by molar-refractivity contribution is 6.17. The Morgan fingerprint density at radius 3 is 2.59 bits per heavy atom. The van der Waals surface area contributed by atoms with Gasteiger partial charge in [0.15, 0.2) is 11.3 Å². The van der Waals surface area contributed by atoms with Crippen molar-refractivity contribution in [1.29, 1.82) is 0 Å². The number of fused-ring (bicyclic) bond motifs is 4. The van der Waals surface area contributed by atoms with Crippen molar-refractivity contribution in [3.63, 3.8) is 0 Å². The molecule has 176 valence electrons. The summed E-state index contributed by atoms with van der Waals surface area (Å²) in [6, 6.07) is 13.7. The highest BCUT2D eigenvalue weighted by Crippen LogP contribution is 2.57. The molecule has 2 aromatic carbocycles. The average Bonchev–Trinajstić information content (AvgIpc) is 3.38. The average molecular weight is 461 g/mol. The first-order valence-electron chi connectivity index (χ1n) is 11.5. The molecule has 0 radical (unpaired) electrons. The van der Waals surface area contributed by atoms with Crippen LogP contribution in [0.15, 0.2) is 64.3 Å². The maximum absolute atomic E-state index is 13.9. The number of nitrogen functional groups attached to an aromatic ring is 1. The van der Waals surface area contributed by atoms with Gasteiger partial charge in [-0.25, -0.2) is 0 Å². The highest BCUT2D eigenvalue weighted by Gasteiger charge is 2.71. The molecule has 34 heavy (non-hydrogen) atoms. The number of nitrogens with one attached hydrogen (secondary N) is 1. The molecule has 1 aliphatic carbocycles. The molecule has 3 aromatic rings. The van der Waals surface area contributed by atoms with Gasteiger partial charge in [-0.15, -0.1) is 0 Å². The molecule has 1 amide bonds. The fourth-order valence-corrected chi connectivity index (χ4v) is 4.95. The van der Waals surface area contributed by atoms with Gasteiger partial charge in [0.25, 0.3) is 11.7 Å². The summed E-state index contributed by atoms with van der Waals surface area (Å²) < 4.78 is 11.9. The summed E-state index contributed by atoms with van der Waals surface area (Å²) in [5.41, 5.74) is 5.92. The Morgan fingerprint density at radius 2 is 1.88 bits per heavy atom. The van der Waals surface area contributed by atoms with Crippen molar-refractivity contribution >= 4 is 28.3 Å². The van der Waals surface area contributed by atoms with Gasteiger partial charge >= 0.3 is 0 Å². The minimum Gasteiger partial charge on any atom is -0.459 e. The van der Waals surface area contributed by atoms with Crippen molar-refractivity contribution in [2.75, 3.05) is 5.73 Å². The first kappa shape index (κ1) is 22.2. The van der Waals surface area contributed by atoms with E-state index in [-0.39, 0.29) is 28.5 Å². The molecule has 7 heteroatoms. The molecule has 3 unspecified atom stereocenters. The van der Waals surface area contributed by atoms with Crippen LogP contribution in [0.5, 0.6) is 0 Å². The summed E-state index contributed by atoms with van der Waals surface area (Å²) in [5, 5.41) is 15.5. The SMILES string of the molecule is CC1=C(CC(C)C(C)C)OC2(O)c3cccc(N)c3C(=O)C12NC(=O)c1cc2ccccc2o1. The highest BCUT2D eigenvalue weighted by atomic mass is 16.6. The number of hydrogen-bond acceptors (Lipinski definition) is 6. The zero-order valence-corrected chi connectivity index (χ0v) is 19.6. The van der Waals surface area contributed by atoms with Crippen molar-refractivity contribution in [2.45, 2.75) is 45.4 Å². The normalized spacial score (nSPS) is 24.4. The lowest BCUT2D eigenvalue weighted by Crippen LogP contribution is -2.62. The number of nitrogens with two attached hydrogens (primary N) is 1. The molecular weight excluding hydrogens is 432 g/mol. The number of Topliss-reactive ketones (excluding diaryl/α,β-unsaturated/α-hetero) is 1. The quantitative estimate of drug-likeness (QED) is 0.483. The van der Waals surface area contributed by atoms with Crippen molar-refractivity contribution in [3.05, 3.63) is 76.8 Å². The number of ketones is 1. The Balaban J connectivity index is 1.64. The van der Waals surface area contributed by atoms with Crippen LogP contribution < -0.4 is 11.1 Å². The van der Waals surface area contributed by atoms with E-state index < -0.39 is 23.0 Å². The lowest BCUT2D eigenvalue weighted by Gasteiger charge is -2.35. The number of furan rings is 1. The second-order valence-electron chi connectivity index (χ2n) is 9.67. The number of carbonyl (C=O) groups excluding carboxylic acids is 2. The fourth-order valence-electron chi connectivity index (χ4n) is 4.95. The van der Waals surface area contributed by atoms with Crippen LogP contribution in [0.2, 0.25) is 0 Å². The van der Waals surface area contributed by atoms with Crippen molar-refractivity contribution in [2.24, 2.45) is 11.8 Å². The molecule has 3 atom stereocenters. The Morgan fingerprint density at radius 1 is 1.15 bits per heavy atom. The number of hydrogen-bond donors (Lipinski definition) is 3. The lowest BCUT2D eigenvalue weighted by atomic mass is 9.81. The standard InChI is InChI=1S/C27H28N2O5/c1-14(2)15(3)12-21-16(4)26(29-25(31)22-13-17-8-5-6-11-20(17)33-22)24(30)23-18(27(26,32)34-21)9-7-10-19(23)28/h5-11,13-15,32H,12,28H2,1-4H3,(H,29,31). The van der Waals surface area contributed by atoms with Crippen molar-refractivity contribution in [1.82, 2.24) is 5.32 Å². The number of anilines is 1. The molecule has 0 fully saturated rings. The molecule has 0 spiro atoms. The van der Waals surface area contributed by atoms with Crippen LogP contribution in [-0.2, 0) is 10.5 Å². The molecule has 4 N–H and O–H groups in total. The fraction of sp³-hybridized carbons (Fsp3) is 0.333. The summed E-state index contributed by atoms with van der Waals surface area (Å²) in [4.78, 5) is 27.4. The van der Waals surface area contributed by atoms with Crippen LogP contribution in [0.3, 0.4) is 0 Å². The third kappa shape index (κ3) is 2.86. The van der Waals surface area contributed by atoms with Gasteiger partial charge in [0.1, 0.15) is 11.3 Å². The molecular formula is C27H28N2O5. The Bertz CT molecular complexity index is 1340. The minimum atomic E-state index is -2.12. The molecule has 0 saturated carbocycles. The summed E-state index contributed by atoms with van der Waals surface area (Å²) in [5.74, 6) is -2.13. The van der Waals surface area contributed by atoms with Gasteiger partial charge < -0.3 is 25.3 Å². The van der Waals surface area contributed by atoms with Gasteiger partial charge in [0, 0.05) is 28.6 Å². The van der Waals surface area contributed by atoms with Gasteiger partial charge in [-0.3, -0.25) is 9.59 Å². The van der Waals surface area contributed by atoms with Crippen LogP contribution in [-0.4, -0.2) is 22.3 Å². The molecule has 5 rings (SSSR count). The largest absolute Gasteiger partial charge is 0.459 e. The van der Waals surface area contributed by atoms with Crippen LogP contribution in [0.4, 0.5) is 5.69 Å². The van der Waals surface area contributed by atoms with Gasteiger partial charge in [-0.1, -0.05) is 51.1 Å². The number of carbonyl (C=O) groups is 2. The number of para-hydroxylation sites is 1. The van der Waals surface area contributed by atoms with E-state index in [0.29, 0.717) is 29.3 Å². The molecule has 2 heterocycles. The van der Waals surface area contributed by atoms with E-state index in [2.05, 4.69) is 26.1 Å². The summed E-state index contributed by atoms with van der Waals surface area (Å²) >= 11 is 0. The lowest BCUT2D eigenvalue weighted by molar-refractivity contribution is -0.195. The van der Waals surface area contributed by atoms with E-state index in [4.69, 9.17) is 14.9 Å². The Hall–Kier alpha value is -3.58. The summed E-state index contributed by atoms with van der Waals surface area (Å²) in [6.45, 7) is 8.01. The zero-order chi connectivity index (χ0) is 24.4. The number of allylic oxidation sites excluding steroid dienone is 1. The Kier molecular flexibility index (Phi) is 4.88. The van der Waals surface area contributed by atoms with Crippen LogP contribution in [0.1, 0.15) is 60.6 Å². The predicted octanol–water partition coefficient (Wildman–Crippen LogP) is 4.51. The van der Waals surface area contributed by atoms with Gasteiger partial charge in [-0.2, -0.15) is 0 Å². The number of rotatable bonds is 5. The molecule has 2 aliphatic rings. The number of ether oxygens (including phenoxy) is 1. The maximum atomic E-state index is 13.9. The topological polar surface area (TPSA) is 115 Å². The maximum Gasteiger partial charge on any atom is 0.288 e. The number of benzene rings is 2. The van der Waals surface area contributed by atoms with E-state index in [1.807, 2.05) is 18.2 Å². The monoisotopic (exact) mass is 460 g/mol. The number of amides is 1. The van der Waals surface area contributed by atoms with Crippen molar-refractivity contribution < 1.29 is 23.8 Å². The first-order chi connectivity index (χ1) is 16.1. The molecule has 1 aliphatic heterocycles.